The van der Waals surface area contributed by atoms with Crippen molar-refractivity contribution in [2.24, 2.45) is 0 Å². The third-order valence-electron chi connectivity index (χ3n) is 4.65. The third kappa shape index (κ3) is 85.4. The first-order valence-corrected chi connectivity index (χ1v) is 14.6. The number of aliphatic carboxylic acids is 3. The zero-order valence-electron chi connectivity index (χ0n) is 27.9. The topological polar surface area (TPSA) is 226 Å². The Kier molecular flexibility index (Phi) is 62.1. The van der Waals surface area contributed by atoms with Gasteiger partial charge in [-0.2, -0.15) is 0 Å². The molecule has 0 bridgehead atoms. The van der Waals surface area contributed by atoms with Crippen molar-refractivity contribution >= 4 is 17.9 Å². The molecule has 43 heavy (non-hydrogen) atoms. The highest BCUT2D eigenvalue weighted by Crippen LogP contribution is 1.91. The van der Waals surface area contributed by atoms with E-state index < -0.39 is 17.9 Å². The molecule has 0 aromatic heterocycles. The lowest BCUT2D eigenvalue weighted by Crippen LogP contribution is -2.86. The highest BCUT2D eigenvalue weighted by molar-refractivity contribution is 5.67. The van der Waals surface area contributed by atoms with Crippen LogP contribution in [0.1, 0.15) is 45.4 Å². The first kappa shape index (κ1) is 50.7. The smallest absolute Gasteiger partial charge is 0.0993 e. The molecule has 0 heterocycles. The van der Waals surface area contributed by atoms with E-state index in [1.165, 1.54) is 0 Å². The Morgan fingerprint density at radius 2 is 0.651 bits per heavy atom. The van der Waals surface area contributed by atoms with Crippen molar-refractivity contribution < 1.29 is 74.1 Å². The van der Waals surface area contributed by atoms with Gasteiger partial charge in [0.25, 0.3) is 0 Å². The lowest BCUT2D eigenvalue weighted by Gasteiger charge is -2.01. The summed E-state index contributed by atoms with van der Waals surface area (Å²) in [5.41, 5.74) is 0. The number of unbranched alkanes of at least 4 members (excludes halogenated alkanes) is 1. The van der Waals surface area contributed by atoms with Crippen LogP contribution in [0.2, 0.25) is 0 Å². The molecular weight excluding hydrogens is 570 g/mol. The maximum Gasteiger partial charge on any atom is 0.0993 e. The molecule has 0 aliphatic carbocycles. The van der Waals surface area contributed by atoms with Gasteiger partial charge in [0.15, 0.2) is 0 Å². The Hall–Kier alpha value is -1.95. The van der Waals surface area contributed by atoms with Gasteiger partial charge in [-0.25, -0.2) is 0 Å². The van der Waals surface area contributed by atoms with Gasteiger partial charge in [-0.1, -0.05) is 13.3 Å². The van der Waals surface area contributed by atoms with Gasteiger partial charge in [-0.05, 0) is 32.1 Å². The van der Waals surface area contributed by atoms with Gasteiger partial charge in [-0.15, -0.1) is 0 Å². The van der Waals surface area contributed by atoms with E-state index in [-0.39, 0.29) is 25.7 Å². The number of carboxylic acid groups (broad SMARTS) is 3. The molecule has 0 rings (SSSR count). The van der Waals surface area contributed by atoms with Crippen LogP contribution in [0.25, 0.3) is 0 Å². The fourth-order valence-electron chi connectivity index (χ4n) is 2.34. The van der Waals surface area contributed by atoms with Gasteiger partial charge in [0, 0.05) is 60.6 Å². The first-order valence-electron chi connectivity index (χ1n) is 14.6. The Morgan fingerprint density at radius 3 is 0.791 bits per heavy atom. The average Bonchev–Trinajstić information content (AvgIpc) is 2.97. The Morgan fingerprint density at radius 1 is 0.442 bits per heavy atom. The molecule has 15 nitrogen and oxygen atoms in total. The summed E-state index contributed by atoms with van der Waals surface area (Å²) >= 11 is 0. The second-order valence-electron chi connectivity index (χ2n) is 8.63. The quantitative estimate of drug-likeness (QED) is 0.0799. The van der Waals surface area contributed by atoms with Gasteiger partial charge in [-0.3, -0.25) is 0 Å². The van der Waals surface area contributed by atoms with Crippen molar-refractivity contribution in [2.45, 2.75) is 45.4 Å². The predicted octanol–water partition coefficient (Wildman–Crippen LogP) is -5.89. The van der Waals surface area contributed by atoms with Crippen LogP contribution >= 0.6 is 0 Å². The molecule has 15 heteroatoms. The molecule has 0 aliphatic heterocycles. The summed E-state index contributed by atoms with van der Waals surface area (Å²) in [7, 11) is 10.3. The largest absolute Gasteiger partial charge is 0.550 e. The molecule has 0 saturated heterocycles. The van der Waals surface area contributed by atoms with Crippen LogP contribution in [0, 0.1) is 0 Å². The molecular formula is C28H63N3O12. The number of ether oxygens (including phenoxy) is 6. The molecule has 0 atom stereocenters. The average molecular weight is 634 g/mol. The summed E-state index contributed by atoms with van der Waals surface area (Å²) in [6.07, 6.45) is 1.53. The Labute approximate surface area is 259 Å². The number of carbonyl (C=O) groups excluding carboxylic acids is 3. The zero-order valence-corrected chi connectivity index (χ0v) is 27.9. The number of nitrogens with two attached hydrogens (primary N) is 3. The number of carboxylic acids is 3. The van der Waals surface area contributed by atoms with Gasteiger partial charge in [0.05, 0.1) is 78.9 Å². The molecule has 0 unspecified atom stereocenters. The normalized spacial score (nSPS) is 9.56. The van der Waals surface area contributed by atoms with Gasteiger partial charge in [0.2, 0.25) is 0 Å². The van der Waals surface area contributed by atoms with Crippen LogP contribution in [0.3, 0.4) is 0 Å². The number of hydrogen-bond acceptors (Lipinski definition) is 12. The van der Waals surface area contributed by atoms with Crippen molar-refractivity contribution in [3.63, 3.8) is 0 Å². The lowest BCUT2D eigenvalue weighted by molar-refractivity contribution is -0.657. The molecule has 0 fully saturated rings. The standard InChI is InChI=1S/3C6H15NO2.C5H8O4.C5H10O2/c3*1-8-5-3-7-4-6-9-2;6-4(7)2-1-3-5(8)9;1-2-3-4-5(6)7/h3*7H,3-6H2,1-2H3;1-3H2,(H,6,7)(H,8,9);2-4H2,1H3,(H,6,7). The number of rotatable bonds is 25. The van der Waals surface area contributed by atoms with Crippen molar-refractivity contribution in [1.82, 2.24) is 0 Å². The van der Waals surface area contributed by atoms with Crippen LogP contribution in [-0.2, 0) is 42.8 Å². The van der Waals surface area contributed by atoms with E-state index in [1.54, 1.807) is 42.7 Å². The molecule has 262 valence electrons. The summed E-state index contributed by atoms with van der Waals surface area (Å²) in [4.78, 5) is 29.0. The number of methoxy groups -OCH3 is 6. The number of carbonyl (C=O) groups is 3. The zero-order chi connectivity index (χ0) is 33.8. The van der Waals surface area contributed by atoms with E-state index in [0.29, 0.717) is 0 Å². The Bertz CT molecular complexity index is 468. The molecule has 0 aliphatic rings. The second-order valence-corrected chi connectivity index (χ2v) is 8.63. The van der Waals surface area contributed by atoms with E-state index in [2.05, 4.69) is 16.0 Å². The van der Waals surface area contributed by atoms with Gasteiger partial charge >= 0.3 is 0 Å². The summed E-state index contributed by atoms with van der Waals surface area (Å²) in [6.45, 7) is 13.1. The summed E-state index contributed by atoms with van der Waals surface area (Å²) in [6, 6.07) is 0. The van der Waals surface area contributed by atoms with E-state index in [4.69, 9.17) is 28.4 Å². The minimum Gasteiger partial charge on any atom is -0.550 e. The highest BCUT2D eigenvalue weighted by atomic mass is 16.5. The first-order chi connectivity index (χ1) is 20.6. The minimum absolute atomic E-state index is 0.0880. The summed E-state index contributed by atoms with van der Waals surface area (Å²) < 4.78 is 29.1. The Balaban J connectivity index is -0.000000140. The van der Waals surface area contributed by atoms with Crippen LogP contribution in [0.5, 0.6) is 0 Å². The molecule has 0 aromatic rings. The van der Waals surface area contributed by atoms with Crippen molar-refractivity contribution in [2.75, 3.05) is 122 Å². The predicted molar refractivity (Wildman–Crippen MR) is 155 cm³/mol. The SMILES string of the molecule is CCCCC(=O)[O-].COCC[NH2+]CCOC.COCC[NH2+]CCOC.COCC[NH2+]CCOC.O=C([O-])CCCC(=O)[O-]. The van der Waals surface area contributed by atoms with Crippen LogP contribution < -0.4 is 31.3 Å². The number of quaternary nitrogens is 3. The third-order valence-corrected chi connectivity index (χ3v) is 4.65. The molecule has 0 saturated carbocycles. The fourth-order valence-corrected chi connectivity index (χ4v) is 2.34. The maximum atomic E-state index is 9.66. The van der Waals surface area contributed by atoms with Crippen molar-refractivity contribution in [3.05, 3.63) is 0 Å². The van der Waals surface area contributed by atoms with E-state index in [0.717, 1.165) is 91.8 Å². The summed E-state index contributed by atoms with van der Waals surface area (Å²) in [5, 5.41) is 35.5. The van der Waals surface area contributed by atoms with Crippen LogP contribution in [0.4, 0.5) is 0 Å². The molecule has 0 spiro atoms. The van der Waals surface area contributed by atoms with E-state index >= 15 is 0 Å². The molecule has 0 radical (unpaired) electrons. The maximum absolute atomic E-state index is 9.66. The molecule has 0 aromatic carbocycles. The number of hydrogen-bond donors (Lipinski definition) is 3. The molecule has 0 amide bonds. The monoisotopic (exact) mass is 633 g/mol. The van der Waals surface area contributed by atoms with Gasteiger partial charge in [0.1, 0.15) is 0 Å². The van der Waals surface area contributed by atoms with Crippen LogP contribution in [-0.4, -0.2) is 139 Å². The van der Waals surface area contributed by atoms with Crippen LogP contribution in [0.15, 0.2) is 0 Å². The lowest BCUT2D eigenvalue weighted by atomic mass is 10.2. The minimum atomic E-state index is -1.23. The summed E-state index contributed by atoms with van der Waals surface area (Å²) in [5.74, 6) is -3.39. The second kappa shape index (κ2) is 52.7. The van der Waals surface area contributed by atoms with E-state index in [1.807, 2.05) is 6.92 Å². The van der Waals surface area contributed by atoms with Gasteiger partial charge < -0.3 is 74.1 Å². The van der Waals surface area contributed by atoms with Crippen molar-refractivity contribution in [1.29, 1.82) is 0 Å². The van der Waals surface area contributed by atoms with Crippen molar-refractivity contribution in [3.8, 4) is 0 Å². The van der Waals surface area contributed by atoms with E-state index in [9.17, 15) is 29.7 Å². The molecule has 6 N–H and O–H groups in total. The highest BCUT2D eigenvalue weighted by Gasteiger charge is 1.89. The fraction of sp³-hybridized carbons (Fsp3) is 0.893.